The fourth-order valence-electron chi connectivity index (χ4n) is 3.07. The van der Waals surface area contributed by atoms with Crippen LogP contribution in [-0.2, 0) is 0 Å². The molecule has 3 heteroatoms. The van der Waals surface area contributed by atoms with E-state index in [1.54, 1.807) is 6.07 Å². The molecular weight excluding hydrogens is 268 g/mol. The molecule has 1 aromatic carbocycles. The molecule has 0 radical (unpaired) electrons. The third kappa shape index (κ3) is 3.90. The van der Waals surface area contributed by atoms with Crippen LogP contribution in [0.25, 0.3) is 0 Å². The minimum absolute atomic E-state index is 0.530. The van der Waals surface area contributed by atoms with Gasteiger partial charge in [0.25, 0.3) is 0 Å². The molecular formula is C17H23ClN2. The molecule has 0 saturated heterocycles. The maximum Gasteiger partial charge on any atom is 0.101 e. The van der Waals surface area contributed by atoms with Crippen LogP contribution in [0.15, 0.2) is 18.2 Å². The van der Waals surface area contributed by atoms with Crippen LogP contribution in [0.3, 0.4) is 0 Å². The van der Waals surface area contributed by atoms with E-state index in [1.807, 2.05) is 12.1 Å². The van der Waals surface area contributed by atoms with E-state index in [-0.39, 0.29) is 0 Å². The molecule has 1 aromatic rings. The van der Waals surface area contributed by atoms with Gasteiger partial charge in [0.05, 0.1) is 10.6 Å². The number of hydrogen-bond acceptors (Lipinski definition) is 2. The predicted octanol–water partition coefficient (Wildman–Crippen LogP) is 5.23. The van der Waals surface area contributed by atoms with E-state index >= 15 is 0 Å². The molecule has 1 aliphatic rings. The Morgan fingerprint density at radius 2 is 2.05 bits per heavy atom. The van der Waals surface area contributed by atoms with E-state index in [0.717, 1.165) is 17.5 Å². The van der Waals surface area contributed by atoms with Crippen LogP contribution < -0.4 is 5.32 Å². The number of benzene rings is 1. The summed E-state index contributed by atoms with van der Waals surface area (Å²) in [6, 6.07) is 8.23. The lowest BCUT2D eigenvalue weighted by Crippen LogP contribution is -2.18. The van der Waals surface area contributed by atoms with Crippen molar-refractivity contribution < 1.29 is 0 Å². The molecule has 2 atom stereocenters. The average molecular weight is 291 g/mol. The van der Waals surface area contributed by atoms with Gasteiger partial charge in [-0.3, -0.25) is 0 Å². The minimum atomic E-state index is 0.530. The maximum atomic E-state index is 8.89. The topological polar surface area (TPSA) is 35.8 Å². The van der Waals surface area contributed by atoms with Crippen molar-refractivity contribution in [1.82, 2.24) is 0 Å². The van der Waals surface area contributed by atoms with Crippen molar-refractivity contribution in [2.75, 3.05) is 5.32 Å². The second-order valence-electron chi connectivity index (χ2n) is 6.16. The second kappa shape index (κ2) is 6.99. The quantitative estimate of drug-likeness (QED) is 0.774. The summed E-state index contributed by atoms with van der Waals surface area (Å²) >= 11 is 6.08. The van der Waals surface area contributed by atoms with Gasteiger partial charge in [-0.15, -0.1) is 0 Å². The SMILES string of the molecule is CC(C)C1CCCC(Nc2ccc(C#N)c(Cl)c2)CC1. The lowest BCUT2D eigenvalue weighted by molar-refractivity contribution is 0.341. The number of halogens is 1. The van der Waals surface area contributed by atoms with Gasteiger partial charge in [0.1, 0.15) is 6.07 Å². The summed E-state index contributed by atoms with van der Waals surface area (Å²) in [6.45, 7) is 4.66. The number of nitrogens with one attached hydrogen (secondary N) is 1. The monoisotopic (exact) mass is 290 g/mol. The van der Waals surface area contributed by atoms with Crippen LogP contribution in [0.1, 0.15) is 51.5 Å². The first kappa shape index (κ1) is 15.2. The highest BCUT2D eigenvalue weighted by Gasteiger charge is 2.20. The summed E-state index contributed by atoms with van der Waals surface area (Å²) in [7, 11) is 0. The standard InChI is InChI=1S/C17H23ClN2/c1-12(2)13-4-3-5-15(8-6-13)20-16-9-7-14(11-19)17(18)10-16/h7,9-10,12-13,15,20H,3-6,8H2,1-2H3. The van der Waals surface area contributed by atoms with Crippen LogP contribution in [0.5, 0.6) is 0 Å². The van der Waals surface area contributed by atoms with Gasteiger partial charge in [0, 0.05) is 11.7 Å². The predicted molar refractivity (Wildman–Crippen MR) is 85.0 cm³/mol. The van der Waals surface area contributed by atoms with Gasteiger partial charge in [-0.1, -0.05) is 38.3 Å². The summed E-state index contributed by atoms with van der Waals surface area (Å²) in [4.78, 5) is 0. The Hall–Kier alpha value is -1.20. The van der Waals surface area contributed by atoms with E-state index in [4.69, 9.17) is 16.9 Å². The first-order chi connectivity index (χ1) is 9.60. The second-order valence-corrected chi connectivity index (χ2v) is 6.57. The molecule has 1 N–H and O–H groups in total. The lowest BCUT2D eigenvalue weighted by atomic mass is 9.89. The molecule has 20 heavy (non-hydrogen) atoms. The smallest absolute Gasteiger partial charge is 0.101 e. The number of anilines is 1. The lowest BCUT2D eigenvalue weighted by Gasteiger charge is -2.20. The van der Waals surface area contributed by atoms with E-state index in [1.165, 1.54) is 32.1 Å². The Balaban J connectivity index is 1.97. The molecule has 0 spiro atoms. The van der Waals surface area contributed by atoms with Crippen LogP contribution >= 0.6 is 11.6 Å². The number of rotatable bonds is 3. The third-order valence-electron chi connectivity index (χ3n) is 4.42. The molecule has 0 amide bonds. The highest BCUT2D eigenvalue weighted by atomic mass is 35.5. The Morgan fingerprint density at radius 3 is 2.70 bits per heavy atom. The van der Waals surface area contributed by atoms with Gasteiger partial charge in [0.15, 0.2) is 0 Å². The molecule has 1 fully saturated rings. The van der Waals surface area contributed by atoms with Crippen LogP contribution in [0.4, 0.5) is 5.69 Å². The fraction of sp³-hybridized carbons (Fsp3) is 0.588. The first-order valence-corrected chi connectivity index (χ1v) is 7.94. The van der Waals surface area contributed by atoms with E-state index in [2.05, 4.69) is 25.2 Å². The first-order valence-electron chi connectivity index (χ1n) is 7.56. The molecule has 1 saturated carbocycles. The number of nitrogens with zero attached hydrogens (tertiary/aromatic N) is 1. The third-order valence-corrected chi connectivity index (χ3v) is 4.73. The Bertz CT molecular complexity index is 490. The van der Waals surface area contributed by atoms with Gasteiger partial charge >= 0.3 is 0 Å². The normalized spacial score (nSPS) is 23.1. The van der Waals surface area contributed by atoms with Gasteiger partial charge in [0.2, 0.25) is 0 Å². The van der Waals surface area contributed by atoms with Crippen molar-refractivity contribution in [3.8, 4) is 6.07 Å². The van der Waals surface area contributed by atoms with E-state index in [0.29, 0.717) is 16.6 Å². The Kier molecular flexibility index (Phi) is 5.31. The summed E-state index contributed by atoms with van der Waals surface area (Å²) in [5.41, 5.74) is 1.57. The molecule has 2 unspecified atom stereocenters. The molecule has 0 aromatic heterocycles. The highest BCUT2D eigenvalue weighted by Crippen LogP contribution is 2.30. The molecule has 0 heterocycles. The van der Waals surface area contributed by atoms with E-state index in [9.17, 15) is 0 Å². The zero-order chi connectivity index (χ0) is 14.5. The largest absolute Gasteiger partial charge is 0.382 e. The van der Waals surface area contributed by atoms with Crippen molar-refractivity contribution in [2.24, 2.45) is 11.8 Å². The van der Waals surface area contributed by atoms with Gasteiger partial charge in [-0.05, 0) is 49.3 Å². The molecule has 0 bridgehead atoms. The summed E-state index contributed by atoms with van der Waals surface area (Å²) in [5.74, 6) is 1.66. The zero-order valence-electron chi connectivity index (χ0n) is 12.3. The van der Waals surface area contributed by atoms with Crippen LogP contribution in [0.2, 0.25) is 5.02 Å². The van der Waals surface area contributed by atoms with Crippen LogP contribution in [0, 0.1) is 23.2 Å². The van der Waals surface area contributed by atoms with Crippen molar-refractivity contribution >= 4 is 17.3 Å². The Morgan fingerprint density at radius 1 is 1.25 bits per heavy atom. The zero-order valence-corrected chi connectivity index (χ0v) is 13.1. The molecule has 2 nitrogen and oxygen atoms in total. The molecule has 1 aliphatic carbocycles. The fourth-order valence-corrected chi connectivity index (χ4v) is 3.30. The van der Waals surface area contributed by atoms with Gasteiger partial charge in [-0.25, -0.2) is 0 Å². The summed E-state index contributed by atoms with van der Waals surface area (Å²) in [5, 5.41) is 13.0. The summed E-state index contributed by atoms with van der Waals surface area (Å²) < 4.78 is 0. The van der Waals surface area contributed by atoms with Crippen molar-refractivity contribution in [1.29, 1.82) is 5.26 Å². The molecule has 2 rings (SSSR count). The maximum absolute atomic E-state index is 8.89. The van der Waals surface area contributed by atoms with Gasteiger partial charge in [-0.2, -0.15) is 5.26 Å². The summed E-state index contributed by atoms with van der Waals surface area (Å²) in [6.07, 6.45) is 6.40. The number of hydrogen-bond donors (Lipinski definition) is 1. The van der Waals surface area contributed by atoms with E-state index < -0.39 is 0 Å². The minimum Gasteiger partial charge on any atom is -0.382 e. The molecule has 108 valence electrons. The van der Waals surface area contributed by atoms with Gasteiger partial charge < -0.3 is 5.32 Å². The van der Waals surface area contributed by atoms with Crippen molar-refractivity contribution in [2.45, 2.75) is 52.0 Å². The Labute approximate surface area is 127 Å². The average Bonchev–Trinajstić information content (AvgIpc) is 2.65. The van der Waals surface area contributed by atoms with Crippen molar-refractivity contribution in [3.05, 3.63) is 28.8 Å². The highest BCUT2D eigenvalue weighted by molar-refractivity contribution is 6.32. The number of nitriles is 1. The van der Waals surface area contributed by atoms with Crippen molar-refractivity contribution in [3.63, 3.8) is 0 Å². The molecule has 0 aliphatic heterocycles. The van der Waals surface area contributed by atoms with Crippen LogP contribution in [-0.4, -0.2) is 6.04 Å².